The van der Waals surface area contributed by atoms with Gasteiger partial charge in [0.1, 0.15) is 5.00 Å². The first-order chi connectivity index (χ1) is 13.9. The second-order valence-electron chi connectivity index (χ2n) is 7.15. The fraction of sp³-hybridized carbons (Fsp3) is 0.429. The quantitative estimate of drug-likeness (QED) is 0.654. The lowest BCUT2D eigenvalue weighted by Crippen LogP contribution is -2.32. The minimum absolute atomic E-state index is 0.151. The van der Waals surface area contributed by atoms with E-state index in [0.717, 1.165) is 41.7 Å². The Bertz CT molecular complexity index is 910. The molecular weight excluding hydrogens is 390 g/mol. The Kier molecular flexibility index (Phi) is 6.76. The van der Waals surface area contributed by atoms with E-state index in [1.54, 1.807) is 14.2 Å². The van der Waals surface area contributed by atoms with Crippen LogP contribution in [0.4, 0.5) is 5.00 Å². The summed E-state index contributed by atoms with van der Waals surface area (Å²) in [5.74, 6) is 0.760. The third-order valence-corrected chi connectivity index (χ3v) is 6.27. The van der Waals surface area contributed by atoms with Crippen molar-refractivity contribution < 1.29 is 19.1 Å². The van der Waals surface area contributed by atoms with E-state index in [4.69, 9.17) is 15.2 Å². The van der Waals surface area contributed by atoms with Crippen LogP contribution in [0.2, 0.25) is 0 Å². The van der Waals surface area contributed by atoms with Crippen LogP contribution in [-0.4, -0.2) is 51.1 Å². The number of fused-ring (bicyclic) bond motifs is 1. The zero-order chi connectivity index (χ0) is 21.0. The summed E-state index contributed by atoms with van der Waals surface area (Å²) in [6.07, 6.45) is 3.60. The van der Waals surface area contributed by atoms with Gasteiger partial charge in [0.25, 0.3) is 5.91 Å². The highest BCUT2D eigenvalue weighted by atomic mass is 32.1. The molecule has 2 aromatic rings. The molecule has 0 fully saturated rings. The molecule has 0 unspecified atom stereocenters. The molecule has 1 aliphatic rings. The molecular formula is C21H27N3O4S. The SMILES string of the molecule is COc1ccc(CCN(C)CC(=O)Nc2sc3c(c2C(N)=O)CCC3)cc1OC. The Balaban J connectivity index is 1.56. The Hall–Kier alpha value is -2.58. The second-order valence-corrected chi connectivity index (χ2v) is 8.26. The van der Waals surface area contributed by atoms with Crippen molar-refractivity contribution in [2.45, 2.75) is 25.7 Å². The van der Waals surface area contributed by atoms with E-state index in [1.807, 2.05) is 30.1 Å². The van der Waals surface area contributed by atoms with Gasteiger partial charge >= 0.3 is 0 Å². The maximum Gasteiger partial charge on any atom is 0.251 e. The molecule has 0 aliphatic heterocycles. The van der Waals surface area contributed by atoms with Crippen molar-refractivity contribution in [3.63, 3.8) is 0 Å². The molecule has 0 saturated heterocycles. The van der Waals surface area contributed by atoms with Crippen LogP contribution in [0.3, 0.4) is 0 Å². The number of likely N-dealkylation sites (N-methyl/N-ethyl adjacent to an activating group) is 1. The largest absolute Gasteiger partial charge is 0.493 e. The maximum atomic E-state index is 12.5. The Morgan fingerprint density at radius 2 is 1.97 bits per heavy atom. The summed E-state index contributed by atoms with van der Waals surface area (Å²) in [5, 5.41) is 3.47. The van der Waals surface area contributed by atoms with Gasteiger partial charge in [-0.1, -0.05) is 6.07 Å². The van der Waals surface area contributed by atoms with Crippen molar-refractivity contribution in [2.24, 2.45) is 5.73 Å². The molecule has 7 nitrogen and oxygen atoms in total. The van der Waals surface area contributed by atoms with E-state index in [0.29, 0.717) is 28.6 Å². The number of nitrogens with one attached hydrogen (secondary N) is 1. The van der Waals surface area contributed by atoms with Crippen LogP contribution in [-0.2, 0) is 24.1 Å². The summed E-state index contributed by atoms with van der Waals surface area (Å²) in [6.45, 7) is 0.931. The van der Waals surface area contributed by atoms with Gasteiger partial charge in [-0.15, -0.1) is 11.3 Å². The molecule has 2 amide bonds. The molecule has 1 heterocycles. The number of hydrogen-bond acceptors (Lipinski definition) is 6. The zero-order valence-electron chi connectivity index (χ0n) is 17.0. The summed E-state index contributed by atoms with van der Waals surface area (Å²) >= 11 is 1.47. The van der Waals surface area contributed by atoms with Crippen LogP contribution in [0.15, 0.2) is 18.2 Å². The normalized spacial score (nSPS) is 12.7. The highest BCUT2D eigenvalue weighted by Gasteiger charge is 2.26. The lowest BCUT2D eigenvalue weighted by molar-refractivity contribution is -0.117. The first kappa shape index (κ1) is 21.1. The molecule has 0 saturated carbocycles. The van der Waals surface area contributed by atoms with Crippen LogP contribution >= 0.6 is 11.3 Å². The van der Waals surface area contributed by atoms with Gasteiger partial charge in [0, 0.05) is 11.4 Å². The first-order valence-corrected chi connectivity index (χ1v) is 10.4. The van der Waals surface area contributed by atoms with Gasteiger partial charge in [-0.05, 0) is 56.0 Å². The van der Waals surface area contributed by atoms with Crippen LogP contribution < -0.4 is 20.5 Å². The summed E-state index contributed by atoms with van der Waals surface area (Å²) in [4.78, 5) is 27.4. The van der Waals surface area contributed by atoms with Crippen molar-refractivity contribution in [1.29, 1.82) is 0 Å². The lowest BCUT2D eigenvalue weighted by Gasteiger charge is -2.17. The van der Waals surface area contributed by atoms with Gasteiger partial charge in [-0.2, -0.15) is 0 Å². The maximum absolute atomic E-state index is 12.5. The second kappa shape index (κ2) is 9.28. The summed E-state index contributed by atoms with van der Waals surface area (Å²) in [6, 6.07) is 5.81. The van der Waals surface area contributed by atoms with Crippen molar-refractivity contribution in [3.8, 4) is 11.5 Å². The minimum atomic E-state index is -0.471. The van der Waals surface area contributed by atoms with Gasteiger partial charge in [0.2, 0.25) is 5.91 Å². The number of carbonyl (C=O) groups is 2. The Morgan fingerprint density at radius 1 is 1.21 bits per heavy atom. The third kappa shape index (κ3) is 4.89. The van der Waals surface area contributed by atoms with Crippen molar-refractivity contribution in [3.05, 3.63) is 39.8 Å². The molecule has 29 heavy (non-hydrogen) atoms. The molecule has 0 radical (unpaired) electrons. The number of nitrogens with two attached hydrogens (primary N) is 1. The Labute approximate surface area is 174 Å². The number of aryl methyl sites for hydroxylation is 1. The lowest BCUT2D eigenvalue weighted by atomic mass is 10.1. The van der Waals surface area contributed by atoms with E-state index in [1.165, 1.54) is 11.3 Å². The number of thiophene rings is 1. The van der Waals surface area contributed by atoms with Gasteiger partial charge < -0.3 is 20.5 Å². The van der Waals surface area contributed by atoms with E-state index >= 15 is 0 Å². The molecule has 1 aliphatic carbocycles. The van der Waals surface area contributed by atoms with Gasteiger partial charge in [0.05, 0.1) is 26.3 Å². The van der Waals surface area contributed by atoms with Crippen LogP contribution in [0.25, 0.3) is 0 Å². The highest BCUT2D eigenvalue weighted by Crippen LogP contribution is 2.38. The number of anilines is 1. The molecule has 0 bridgehead atoms. The van der Waals surface area contributed by atoms with E-state index < -0.39 is 5.91 Å². The number of primary amides is 1. The minimum Gasteiger partial charge on any atom is -0.493 e. The predicted octanol–water partition coefficient (Wildman–Crippen LogP) is 2.47. The molecule has 0 spiro atoms. The van der Waals surface area contributed by atoms with E-state index in [2.05, 4.69) is 5.32 Å². The highest BCUT2D eigenvalue weighted by molar-refractivity contribution is 7.17. The average Bonchev–Trinajstić information content (AvgIpc) is 3.26. The summed E-state index contributed by atoms with van der Waals surface area (Å²) in [5.41, 5.74) is 8.15. The van der Waals surface area contributed by atoms with Crippen molar-refractivity contribution >= 4 is 28.2 Å². The smallest absolute Gasteiger partial charge is 0.251 e. The predicted molar refractivity (Wildman–Crippen MR) is 114 cm³/mol. The third-order valence-electron chi connectivity index (χ3n) is 5.06. The number of rotatable bonds is 9. The summed E-state index contributed by atoms with van der Waals surface area (Å²) in [7, 11) is 5.11. The molecule has 3 N–H and O–H groups in total. The van der Waals surface area contributed by atoms with Gasteiger partial charge in [0.15, 0.2) is 11.5 Å². The van der Waals surface area contributed by atoms with Crippen LogP contribution in [0.5, 0.6) is 11.5 Å². The number of carbonyl (C=O) groups excluding carboxylic acids is 2. The van der Waals surface area contributed by atoms with Gasteiger partial charge in [-0.25, -0.2) is 0 Å². The number of methoxy groups -OCH3 is 2. The number of nitrogens with zero attached hydrogens (tertiary/aromatic N) is 1. The molecule has 0 atom stereocenters. The molecule has 1 aromatic carbocycles. The van der Waals surface area contributed by atoms with Crippen molar-refractivity contribution in [1.82, 2.24) is 4.90 Å². The molecule has 156 valence electrons. The number of hydrogen-bond donors (Lipinski definition) is 2. The summed E-state index contributed by atoms with van der Waals surface area (Å²) < 4.78 is 10.6. The number of ether oxygens (including phenoxy) is 2. The molecule has 1 aromatic heterocycles. The first-order valence-electron chi connectivity index (χ1n) is 9.56. The number of amides is 2. The van der Waals surface area contributed by atoms with Crippen LogP contribution in [0.1, 0.15) is 32.8 Å². The van der Waals surface area contributed by atoms with Crippen molar-refractivity contribution in [2.75, 3.05) is 39.7 Å². The Morgan fingerprint density at radius 3 is 2.66 bits per heavy atom. The van der Waals surface area contributed by atoms with E-state index in [9.17, 15) is 9.59 Å². The molecule has 3 rings (SSSR count). The standard InChI is InChI=1S/C21H27N3O4S/c1-24(10-9-13-7-8-15(27-2)16(11-13)28-3)12-18(25)23-21-19(20(22)26)14-5-4-6-17(14)29-21/h7-8,11H,4-6,9-10,12H2,1-3H3,(H2,22,26)(H,23,25). The zero-order valence-corrected chi connectivity index (χ0v) is 17.9. The fourth-order valence-electron chi connectivity index (χ4n) is 3.60. The monoisotopic (exact) mass is 417 g/mol. The fourth-order valence-corrected chi connectivity index (χ4v) is 4.91. The van der Waals surface area contributed by atoms with Crippen LogP contribution in [0, 0.1) is 0 Å². The molecule has 8 heteroatoms. The average molecular weight is 418 g/mol. The van der Waals surface area contributed by atoms with Gasteiger partial charge in [-0.3, -0.25) is 14.5 Å². The number of benzene rings is 1. The topological polar surface area (TPSA) is 93.9 Å². The van der Waals surface area contributed by atoms with E-state index in [-0.39, 0.29) is 12.5 Å².